The van der Waals surface area contributed by atoms with Gasteiger partial charge in [0, 0.05) is 6.07 Å². The van der Waals surface area contributed by atoms with Gasteiger partial charge in [0.15, 0.2) is 0 Å². The molecule has 0 aliphatic rings. The Hall–Kier alpha value is -2.02. The minimum atomic E-state index is -0.640. The zero-order chi connectivity index (χ0) is 14.5. The largest absolute Gasteiger partial charge is 0.463 e. The monoisotopic (exact) mass is 300 g/mol. The Morgan fingerprint density at radius 1 is 1.25 bits per heavy atom. The number of nitrogens with zero attached hydrogens (tertiary/aromatic N) is 3. The van der Waals surface area contributed by atoms with Crippen LogP contribution in [0, 0.1) is 11.6 Å². The molecule has 1 N–H and O–H groups in total. The average molecular weight is 301 g/mol. The van der Waals surface area contributed by atoms with Crippen LogP contribution >= 0.6 is 11.6 Å². The van der Waals surface area contributed by atoms with E-state index in [-0.39, 0.29) is 22.9 Å². The first-order valence-electron chi connectivity index (χ1n) is 5.85. The minimum Gasteiger partial charge on any atom is -0.463 e. The summed E-state index contributed by atoms with van der Waals surface area (Å²) >= 11 is 5.72. The molecule has 0 unspecified atom stereocenters. The molecular weight excluding hydrogens is 290 g/mol. The van der Waals surface area contributed by atoms with Crippen molar-refractivity contribution < 1.29 is 13.5 Å². The molecule has 1 aromatic carbocycles. The second-order valence-electron chi connectivity index (χ2n) is 3.81. The zero-order valence-electron chi connectivity index (χ0n) is 10.5. The summed E-state index contributed by atoms with van der Waals surface area (Å²) in [4.78, 5) is 11.4. The lowest BCUT2D eigenvalue weighted by Crippen LogP contribution is -2.05. The minimum absolute atomic E-state index is 0.0196. The third-order valence-electron chi connectivity index (χ3n) is 2.20. The first-order valence-corrected chi connectivity index (χ1v) is 6.22. The summed E-state index contributed by atoms with van der Waals surface area (Å²) in [6, 6.07) is 3.01. The molecule has 0 saturated heterocycles. The molecule has 1 heterocycles. The van der Waals surface area contributed by atoms with Crippen molar-refractivity contribution in [2.24, 2.45) is 0 Å². The van der Waals surface area contributed by atoms with Gasteiger partial charge in [-0.2, -0.15) is 15.0 Å². The predicted octanol–water partition coefficient (Wildman–Crippen LogP) is 3.34. The molecule has 0 amide bonds. The standard InChI is InChI=1S/C12H11ClF2N4O/c1-2-5-20-12-18-10(13)17-11(19-12)16-9-6-7(14)3-4-8(9)15/h3-4,6H,2,5H2,1H3,(H,16,17,18,19). The third-order valence-corrected chi connectivity index (χ3v) is 2.37. The van der Waals surface area contributed by atoms with E-state index in [9.17, 15) is 8.78 Å². The van der Waals surface area contributed by atoms with Crippen LogP contribution in [-0.2, 0) is 0 Å². The van der Waals surface area contributed by atoms with Gasteiger partial charge in [0.1, 0.15) is 11.6 Å². The molecule has 0 fully saturated rings. The summed E-state index contributed by atoms with van der Waals surface area (Å²) in [6.07, 6.45) is 0.768. The van der Waals surface area contributed by atoms with Gasteiger partial charge >= 0.3 is 6.01 Å². The van der Waals surface area contributed by atoms with Crippen molar-refractivity contribution in [1.29, 1.82) is 0 Å². The molecule has 0 aliphatic carbocycles. The number of ether oxygens (including phenoxy) is 1. The van der Waals surface area contributed by atoms with Crippen LogP contribution in [0.15, 0.2) is 18.2 Å². The van der Waals surface area contributed by atoms with Crippen molar-refractivity contribution in [2.75, 3.05) is 11.9 Å². The molecule has 1 aromatic heterocycles. The molecule has 0 saturated carbocycles. The van der Waals surface area contributed by atoms with E-state index in [1.807, 2.05) is 6.92 Å². The van der Waals surface area contributed by atoms with Gasteiger partial charge in [0.2, 0.25) is 11.2 Å². The lowest BCUT2D eigenvalue weighted by Gasteiger charge is -2.08. The molecule has 20 heavy (non-hydrogen) atoms. The summed E-state index contributed by atoms with van der Waals surface area (Å²) in [5.74, 6) is -1.25. The summed E-state index contributed by atoms with van der Waals surface area (Å²) < 4.78 is 31.8. The number of anilines is 2. The predicted molar refractivity (Wildman–Crippen MR) is 70.3 cm³/mol. The molecule has 0 radical (unpaired) electrons. The highest BCUT2D eigenvalue weighted by Crippen LogP contribution is 2.20. The van der Waals surface area contributed by atoms with Crippen molar-refractivity contribution in [2.45, 2.75) is 13.3 Å². The third kappa shape index (κ3) is 3.74. The van der Waals surface area contributed by atoms with Crippen LogP contribution in [0.25, 0.3) is 0 Å². The Bertz CT molecular complexity index is 612. The fraction of sp³-hybridized carbons (Fsp3) is 0.250. The fourth-order valence-electron chi connectivity index (χ4n) is 1.36. The highest BCUT2D eigenvalue weighted by molar-refractivity contribution is 6.28. The van der Waals surface area contributed by atoms with Crippen LogP contribution in [0.1, 0.15) is 13.3 Å². The van der Waals surface area contributed by atoms with E-state index < -0.39 is 11.6 Å². The van der Waals surface area contributed by atoms with Gasteiger partial charge in [-0.3, -0.25) is 0 Å². The Labute approximate surface area is 119 Å². The number of halogens is 3. The summed E-state index contributed by atoms with van der Waals surface area (Å²) in [5.41, 5.74) is -0.103. The summed E-state index contributed by atoms with van der Waals surface area (Å²) in [6.45, 7) is 2.33. The van der Waals surface area contributed by atoms with E-state index in [0.29, 0.717) is 6.61 Å². The fourth-order valence-corrected chi connectivity index (χ4v) is 1.51. The van der Waals surface area contributed by atoms with E-state index in [1.165, 1.54) is 0 Å². The van der Waals surface area contributed by atoms with E-state index in [2.05, 4.69) is 20.3 Å². The number of aromatic nitrogens is 3. The molecule has 106 valence electrons. The maximum atomic E-state index is 13.5. The van der Waals surface area contributed by atoms with Crippen LogP contribution in [0.5, 0.6) is 6.01 Å². The quantitative estimate of drug-likeness (QED) is 0.917. The Balaban J connectivity index is 2.24. The number of nitrogens with one attached hydrogen (secondary N) is 1. The van der Waals surface area contributed by atoms with Crippen LogP contribution < -0.4 is 10.1 Å². The van der Waals surface area contributed by atoms with Crippen LogP contribution in [0.4, 0.5) is 20.4 Å². The van der Waals surface area contributed by atoms with E-state index in [0.717, 1.165) is 24.6 Å². The van der Waals surface area contributed by atoms with Gasteiger partial charge in [-0.05, 0) is 30.2 Å². The van der Waals surface area contributed by atoms with E-state index in [4.69, 9.17) is 16.3 Å². The second kappa shape index (κ2) is 6.42. The first-order chi connectivity index (χ1) is 9.58. The zero-order valence-corrected chi connectivity index (χ0v) is 11.3. The van der Waals surface area contributed by atoms with Crippen molar-refractivity contribution in [3.63, 3.8) is 0 Å². The summed E-state index contributed by atoms with van der Waals surface area (Å²) in [5, 5.41) is 2.42. The highest BCUT2D eigenvalue weighted by atomic mass is 35.5. The molecular formula is C12H11ClF2N4O. The number of benzene rings is 1. The molecule has 8 heteroatoms. The van der Waals surface area contributed by atoms with Crippen LogP contribution in [0.2, 0.25) is 5.28 Å². The number of rotatable bonds is 5. The van der Waals surface area contributed by atoms with Gasteiger partial charge < -0.3 is 10.1 Å². The van der Waals surface area contributed by atoms with Crippen molar-refractivity contribution >= 4 is 23.2 Å². The molecule has 0 aliphatic heterocycles. The van der Waals surface area contributed by atoms with Crippen molar-refractivity contribution in [3.8, 4) is 6.01 Å². The molecule has 0 atom stereocenters. The van der Waals surface area contributed by atoms with Crippen LogP contribution in [-0.4, -0.2) is 21.6 Å². The van der Waals surface area contributed by atoms with E-state index >= 15 is 0 Å². The Morgan fingerprint density at radius 3 is 2.80 bits per heavy atom. The van der Waals surface area contributed by atoms with Gasteiger partial charge in [-0.25, -0.2) is 8.78 Å². The van der Waals surface area contributed by atoms with Gasteiger partial charge in [0.25, 0.3) is 0 Å². The Morgan fingerprint density at radius 2 is 2.05 bits per heavy atom. The SMILES string of the molecule is CCCOc1nc(Cl)nc(Nc2cc(F)ccc2F)n1. The second-order valence-corrected chi connectivity index (χ2v) is 4.15. The highest BCUT2D eigenvalue weighted by Gasteiger charge is 2.09. The molecule has 5 nitrogen and oxygen atoms in total. The molecule has 2 aromatic rings. The van der Waals surface area contributed by atoms with Crippen molar-refractivity contribution in [1.82, 2.24) is 15.0 Å². The van der Waals surface area contributed by atoms with Gasteiger partial charge in [-0.15, -0.1) is 0 Å². The maximum Gasteiger partial charge on any atom is 0.322 e. The van der Waals surface area contributed by atoms with Gasteiger partial charge in [-0.1, -0.05) is 6.92 Å². The number of hydrogen-bond donors (Lipinski definition) is 1. The lowest BCUT2D eigenvalue weighted by atomic mass is 10.3. The average Bonchev–Trinajstić information content (AvgIpc) is 2.40. The molecule has 0 bridgehead atoms. The topological polar surface area (TPSA) is 59.9 Å². The number of hydrogen-bond acceptors (Lipinski definition) is 5. The molecule has 2 rings (SSSR count). The summed E-state index contributed by atoms with van der Waals surface area (Å²) in [7, 11) is 0. The maximum absolute atomic E-state index is 13.5. The smallest absolute Gasteiger partial charge is 0.322 e. The normalized spacial score (nSPS) is 10.4. The van der Waals surface area contributed by atoms with Crippen LogP contribution in [0.3, 0.4) is 0 Å². The van der Waals surface area contributed by atoms with Crippen molar-refractivity contribution in [3.05, 3.63) is 35.1 Å². The van der Waals surface area contributed by atoms with E-state index in [1.54, 1.807) is 0 Å². The van der Waals surface area contributed by atoms with Gasteiger partial charge in [0.05, 0.1) is 12.3 Å². The molecule has 0 spiro atoms. The first kappa shape index (κ1) is 14.4. The lowest BCUT2D eigenvalue weighted by molar-refractivity contribution is 0.292. The Kier molecular flexibility index (Phi) is 4.62.